The van der Waals surface area contributed by atoms with E-state index >= 15 is 0 Å². The lowest BCUT2D eigenvalue weighted by molar-refractivity contribution is 0.173. The molecule has 0 unspecified atom stereocenters. The average molecular weight is 199 g/mol. The van der Waals surface area contributed by atoms with Gasteiger partial charge >= 0.3 is 0 Å². The van der Waals surface area contributed by atoms with Gasteiger partial charge in [0.2, 0.25) is 0 Å². The summed E-state index contributed by atoms with van der Waals surface area (Å²) in [5.74, 6) is 0. The maximum atomic E-state index is 9.60. The van der Waals surface area contributed by atoms with Gasteiger partial charge in [-0.25, -0.2) is 0 Å². The molecule has 0 heterocycles. The molecule has 0 aromatic heterocycles. The van der Waals surface area contributed by atoms with E-state index in [1.165, 1.54) is 0 Å². The zero-order valence-electron chi connectivity index (χ0n) is 8.05. The minimum atomic E-state index is -0.359. The van der Waals surface area contributed by atoms with Crippen molar-refractivity contribution in [2.75, 3.05) is 0 Å². The van der Waals surface area contributed by atoms with Crippen LogP contribution in [0.2, 0.25) is 5.02 Å². The third-order valence-corrected chi connectivity index (χ3v) is 2.59. The minimum absolute atomic E-state index is 0.359. The first-order chi connectivity index (χ1) is 6.19. The Morgan fingerprint density at radius 3 is 2.62 bits per heavy atom. The predicted octanol–water partition coefficient (Wildman–Crippen LogP) is 3.35. The van der Waals surface area contributed by atoms with Gasteiger partial charge in [-0.15, -0.1) is 0 Å². The summed E-state index contributed by atoms with van der Waals surface area (Å²) < 4.78 is 0. The number of halogens is 1. The number of hydrogen-bond donors (Lipinski definition) is 1. The second kappa shape index (κ2) is 4.64. The van der Waals surface area contributed by atoms with E-state index < -0.39 is 0 Å². The Morgan fingerprint density at radius 2 is 2.08 bits per heavy atom. The van der Waals surface area contributed by atoms with Crippen molar-refractivity contribution < 1.29 is 5.11 Å². The van der Waals surface area contributed by atoms with E-state index in [0.29, 0.717) is 0 Å². The van der Waals surface area contributed by atoms with Gasteiger partial charge in [0.1, 0.15) is 0 Å². The SMILES string of the molecule is CCc1cc([C@@H](O)CC)ccc1Cl. The zero-order chi connectivity index (χ0) is 9.84. The summed E-state index contributed by atoms with van der Waals surface area (Å²) >= 11 is 5.96. The Hall–Kier alpha value is -0.530. The van der Waals surface area contributed by atoms with Crippen LogP contribution in [-0.4, -0.2) is 5.11 Å². The molecule has 1 aromatic rings. The number of aryl methyl sites for hydroxylation is 1. The van der Waals surface area contributed by atoms with Gasteiger partial charge in [-0.05, 0) is 30.0 Å². The van der Waals surface area contributed by atoms with Crippen molar-refractivity contribution in [3.05, 3.63) is 34.3 Å². The number of hydrogen-bond acceptors (Lipinski definition) is 1. The van der Waals surface area contributed by atoms with Crippen LogP contribution in [-0.2, 0) is 6.42 Å². The summed E-state index contributed by atoms with van der Waals surface area (Å²) in [6, 6.07) is 5.72. The minimum Gasteiger partial charge on any atom is -0.388 e. The summed E-state index contributed by atoms with van der Waals surface area (Å²) in [5.41, 5.74) is 2.07. The first kappa shape index (κ1) is 10.6. The topological polar surface area (TPSA) is 20.2 Å². The maximum Gasteiger partial charge on any atom is 0.0787 e. The van der Waals surface area contributed by atoms with Gasteiger partial charge in [0.15, 0.2) is 0 Å². The Labute approximate surface area is 84.4 Å². The summed E-state index contributed by atoms with van der Waals surface area (Å²) in [4.78, 5) is 0. The molecule has 0 bridgehead atoms. The normalized spacial score (nSPS) is 12.9. The van der Waals surface area contributed by atoms with Crippen LogP contribution in [0.4, 0.5) is 0 Å². The second-order valence-electron chi connectivity index (χ2n) is 3.13. The third-order valence-electron chi connectivity index (χ3n) is 2.22. The van der Waals surface area contributed by atoms with E-state index in [1.807, 2.05) is 25.1 Å². The van der Waals surface area contributed by atoms with Crippen LogP contribution in [0.15, 0.2) is 18.2 Å². The van der Waals surface area contributed by atoms with E-state index in [1.54, 1.807) is 0 Å². The second-order valence-corrected chi connectivity index (χ2v) is 3.54. The van der Waals surface area contributed by atoms with Crippen LogP contribution in [0.5, 0.6) is 0 Å². The maximum absolute atomic E-state index is 9.60. The van der Waals surface area contributed by atoms with Crippen molar-refractivity contribution in [3.63, 3.8) is 0 Å². The van der Waals surface area contributed by atoms with E-state index in [9.17, 15) is 5.11 Å². The third kappa shape index (κ3) is 2.45. The largest absolute Gasteiger partial charge is 0.388 e. The number of aliphatic hydroxyl groups excluding tert-OH is 1. The van der Waals surface area contributed by atoms with Gasteiger partial charge in [-0.2, -0.15) is 0 Å². The molecule has 0 aliphatic rings. The molecule has 0 aliphatic carbocycles. The van der Waals surface area contributed by atoms with Crippen LogP contribution in [0.3, 0.4) is 0 Å². The van der Waals surface area contributed by atoms with Gasteiger partial charge < -0.3 is 5.11 Å². The molecule has 1 N–H and O–H groups in total. The van der Waals surface area contributed by atoms with Crippen molar-refractivity contribution in [1.82, 2.24) is 0 Å². The quantitative estimate of drug-likeness (QED) is 0.790. The van der Waals surface area contributed by atoms with Gasteiger partial charge in [0.05, 0.1) is 6.10 Å². The molecule has 1 atom stereocenters. The van der Waals surface area contributed by atoms with Gasteiger partial charge in [0.25, 0.3) is 0 Å². The van der Waals surface area contributed by atoms with Gasteiger partial charge in [-0.3, -0.25) is 0 Å². The van der Waals surface area contributed by atoms with E-state index in [4.69, 9.17) is 11.6 Å². The molecule has 72 valence electrons. The van der Waals surface area contributed by atoms with E-state index in [2.05, 4.69) is 6.92 Å². The lowest BCUT2D eigenvalue weighted by atomic mass is 10.0. The number of aliphatic hydroxyl groups is 1. The predicted molar refractivity (Wildman–Crippen MR) is 56.1 cm³/mol. The molecule has 0 saturated carbocycles. The molecule has 1 rings (SSSR count). The molecule has 0 radical (unpaired) electrons. The van der Waals surface area contributed by atoms with Crippen molar-refractivity contribution in [3.8, 4) is 0 Å². The molecular weight excluding hydrogens is 184 g/mol. The molecule has 0 spiro atoms. The van der Waals surface area contributed by atoms with Crippen molar-refractivity contribution in [2.45, 2.75) is 32.8 Å². The Balaban J connectivity index is 2.99. The Bertz CT molecular complexity index is 283. The van der Waals surface area contributed by atoms with E-state index in [0.717, 1.165) is 29.0 Å². The summed E-state index contributed by atoms with van der Waals surface area (Å²) in [7, 11) is 0. The van der Waals surface area contributed by atoms with Crippen LogP contribution >= 0.6 is 11.6 Å². The van der Waals surface area contributed by atoms with Gasteiger partial charge in [-0.1, -0.05) is 37.6 Å². The number of rotatable bonds is 3. The molecule has 1 nitrogen and oxygen atoms in total. The average Bonchev–Trinajstić information content (AvgIpc) is 2.17. The standard InChI is InChI=1S/C11H15ClO/c1-3-8-7-9(11(13)4-2)5-6-10(8)12/h5-7,11,13H,3-4H2,1-2H3/t11-/m0/s1. The highest BCUT2D eigenvalue weighted by molar-refractivity contribution is 6.31. The molecule has 0 aliphatic heterocycles. The number of benzene rings is 1. The molecule has 0 amide bonds. The Kier molecular flexibility index (Phi) is 3.76. The lowest BCUT2D eigenvalue weighted by Gasteiger charge is -2.10. The molecule has 2 heteroatoms. The fourth-order valence-corrected chi connectivity index (χ4v) is 1.56. The van der Waals surface area contributed by atoms with Crippen LogP contribution in [0.1, 0.15) is 37.5 Å². The highest BCUT2D eigenvalue weighted by atomic mass is 35.5. The van der Waals surface area contributed by atoms with Gasteiger partial charge in [0, 0.05) is 5.02 Å². The summed E-state index contributed by atoms with van der Waals surface area (Å²) in [6.45, 7) is 4.02. The highest BCUT2D eigenvalue weighted by Crippen LogP contribution is 2.23. The lowest BCUT2D eigenvalue weighted by Crippen LogP contribution is -1.96. The molecule has 0 saturated heterocycles. The fourth-order valence-electron chi connectivity index (χ4n) is 1.31. The molecule has 13 heavy (non-hydrogen) atoms. The first-order valence-electron chi connectivity index (χ1n) is 4.65. The molecular formula is C11H15ClO. The van der Waals surface area contributed by atoms with Crippen molar-refractivity contribution in [2.24, 2.45) is 0 Å². The van der Waals surface area contributed by atoms with Crippen molar-refractivity contribution >= 4 is 11.6 Å². The summed E-state index contributed by atoms with van der Waals surface area (Å²) in [6.07, 6.45) is 1.29. The zero-order valence-corrected chi connectivity index (χ0v) is 8.80. The molecule has 0 fully saturated rings. The highest BCUT2D eigenvalue weighted by Gasteiger charge is 2.06. The Morgan fingerprint density at radius 1 is 1.38 bits per heavy atom. The van der Waals surface area contributed by atoms with Crippen LogP contribution in [0.25, 0.3) is 0 Å². The van der Waals surface area contributed by atoms with Crippen molar-refractivity contribution in [1.29, 1.82) is 0 Å². The molecule has 1 aromatic carbocycles. The van der Waals surface area contributed by atoms with Crippen LogP contribution < -0.4 is 0 Å². The van der Waals surface area contributed by atoms with E-state index in [-0.39, 0.29) is 6.10 Å². The summed E-state index contributed by atoms with van der Waals surface area (Å²) in [5, 5.41) is 10.4. The monoisotopic (exact) mass is 198 g/mol. The fraction of sp³-hybridized carbons (Fsp3) is 0.455. The van der Waals surface area contributed by atoms with Crippen LogP contribution in [0, 0.1) is 0 Å². The smallest absolute Gasteiger partial charge is 0.0787 e. The first-order valence-corrected chi connectivity index (χ1v) is 5.03.